The summed E-state index contributed by atoms with van der Waals surface area (Å²) in [6.07, 6.45) is 0.934. The highest BCUT2D eigenvalue weighted by Crippen LogP contribution is 2.45. The normalized spacial score (nSPS) is 10.8. The molecule has 2 aromatic rings. The summed E-state index contributed by atoms with van der Waals surface area (Å²) >= 11 is 0. The molecule has 0 spiro atoms. The maximum atomic E-state index is 12.2. The molecule has 156 valence electrons. The lowest BCUT2D eigenvalue weighted by molar-refractivity contribution is 0.0970. The maximum absolute atomic E-state index is 12.2. The van der Waals surface area contributed by atoms with Crippen LogP contribution in [-0.2, 0) is 6.42 Å². The molecule has 6 N–H and O–H groups in total. The van der Waals surface area contributed by atoms with E-state index in [1.807, 2.05) is 0 Å². The Labute approximate surface area is 167 Å². The predicted octanol–water partition coefficient (Wildman–Crippen LogP) is 3.48. The van der Waals surface area contributed by atoms with Crippen LogP contribution in [0.1, 0.15) is 71.4 Å². The predicted molar refractivity (Wildman–Crippen MR) is 104 cm³/mol. The zero-order valence-corrected chi connectivity index (χ0v) is 16.2. The molecule has 8 nitrogen and oxygen atoms in total. The Morgan fingerprint density at radius 1 is 0.621 bits per heavy atom. The zero-order chi connectivity index (χ0) is 21.9. The van der Waals surface area contributed by atoms with Gasteiger partial charge in [-0.1, -0.05) is 13.8 Å². The highest BCUT2D eigenvalue weighted by molar-refractivity contribution is 6.01. The van der Waals surface area contributed by atoms with E-state index in [0.717, 1.165) is 0 Å². The van der Waals surface area contributed by atoms with Gasteiger partial charge < -0.3 is 30.6 Å². The van der Waals surface area contributed by atoms with E-state index in [2.05, 4.69) is 0 Å². The van der Waals surface area contributed by atoms with Crippen molar-refractivity contribution in [2.45, 2.75) is 46.0 Å². The highest BCUT2D eigenvalue weighted by atomic mass is 16.3. The molecular formula is C21H24O8. The minimum Gasteiger partial charge on any atom is -0.504 e. The van der Waals surface area contributed by atoms with Gasteiger partial charge >= 0.3 is 0 Å². The van der Waals surface area contributed by atoms with Crippen LogP contribution in [-0.4, -0.2) is 42.2 Å². The summed E-state index contributed by atoms with van der Waals surface area (Å²) in [6, 6.07) is 2.36. The molecule has 0 aliphatic heterocycles. The SMILES string of the molecule is CCCC(=O)c1cc(Cc2cc(C(=O)CCC)c(O)c(O)c2O)c(O)c(O)c1O. The molecule has 0 unspecified atom stereocenters. The Morgan fingerprint density at radius 3 is 1.28 bits per heavy atom. The molecule has 0 radical (unpaired) electrons. The summed E-state index contributed by atoms with van der Waals surface area (Å²) in [7, 11) is 0. The standard InChI is InChI=1S/C21H24O8/c1-3-5-14(22)12-8-10(16(24)20(28)18(12)26)7-11-9-13(15(23)6-4-2)19(27)21(29)17(11)25/h8-9,24-29H,3-7H2,1-2H3. The first kappa shape index (κ1) is 21.9. The minimum atomic E-state index is -0.883. The van der Waals surface area contributed by atoms with Crippen molar-refractivity contribution in [3.05, 3.63) is 34.4 Å². The smallest absolute Gasteiger partial charge is 0.201 e. The first-order valence-electron chi connectivity index (χ1n) is 9.23. The van der Waals surface area contributed by atoms with Crippen LogP contribution >= 0.6 is 0 Å². The summed E-state index contributed by atoms with van der Waals surface area (Å²) in [5.41, 5.74) is -0.424. The fourth-order valence-electron chi connectivity index (χ4n) is 3.03. The maximum Gasteiger partial charge on any atom is 0.201 e. The van der Waals surface area contributed by atoms with Crippen molar-refractivity contribution in [2.75, 3.05) is 0 Å². The minimum absolute atomic E-state index is 0.0194. The molecular weight excluding hydrogens is 380 g/mol. The molecule has 8 heteroatoms. The topological polar surface area (TPSA) is 156 Å². The van der Waals surface area contributed by atoms with Gasteiger partial charge in [0, 0.05) is 30.4 Å². The van der Waals surface area contributed by atoms with Gasteiger partial charge in [0.2, 0.25) is 11.5 Å². The summed E-state index contributed by atoms with van der Waals surface area (Å²) in [5, 5.41) is 60.3. The monoisotopic (exact) mass is 404 g/mol. The summed E-state index contributed by atoms with van der Waals surface area (Å²) in [5.74, 6) is -5.56. The first-order valence-corrected chi connectivity index (χ1v) is 9.23. The van der Waals surface area contributed by atoms with Crippen LogP contribution in [0.3, 0.4) is 0 Å². The second kappa shape index (κ2) is 8.72. The molecule has 0 saturated heterocycles. The lowest BCUT2D eigenvalue weighted by atomic mass is 9.94. The van der Waals surface area contributed by atoms with Crippen LogP contribution in [0.25, 0.3) is 0 Å². The van der Waals surface area contributed by atoms with Gasteiger partial charge in [0.05, 0.1) is 11.1 Å². The van der Waals surface area contributed by atoms with Crippen LogP contribution in [0.5, 0.6) is 34.5 Å². The lowest BCUT2D eigenvalue weighted by Gasteiger charge is -2.15. The number of carbonyl (C=O) groups is 2. The molecule has 0 amide bonds. The number of Topliss-reactive ketones (excluding diaryl/α,β-unsaturated/α-hetero) is 2. The number of ketones is 2. The molecule has 29 heavy (non-hydrogen) atoms. The molecule has 0 aliphatic rings. The van der Waals surface area contributed by atoms with Gasteiger partial charge in [-0.05, 0) is 25.0 Å². The number of phenolic OH excluding ortho intramolecular Hbond substituents is 6. The van der Waals surface area contributed by atoms with E-state index in [1.165, 1.54) is 12.1 Å². The molecule has 0 fully saturated rings. The van der Waals surface area contributed by atoms with Gasteiger partial charge in [-0.25, -0.2) is 0 Å². The van der Waals surface area contributed by atoms with E-state index in [1.54, 1.807) is 13.8 Å². The molecule has 0 atom stereocenters. The van der Waals surface area contributed by atoms with E-state index in [9.17, 15) is 40.2 Å². The highest BCUT2D eigenvalue weighted by Gasteiger charge is 2.24. The van der Waals surface area contributed by atoms with Crippen LogP contribution < -0.4 is 0 Å². The van der Waals surface area contributed by atoms with Crippen molar-refractivity contribution in [2.24, 2.45) is 0 Å². The van der Waals surface area contributed by atoms with E-state index >= 15 is 0 Å². The Balaban J connectivity index is 2.59. The summed E-state index contributed by atoms with van der Waals surface area (Å²) in [4.78, 5) is 24.4. The van der Waals surface area contributed by atoms with Crippen molar-refractivity contribution in [3.63, 3.8) is 0 Å². The Bertz CT molecular complexity index is 885. The Kier molecular flexibility index (Phi) is 6.58. The van der Waals surface area contributed by atoms with E-state index in [4.69, 9.17) is 0 Å². The molecule has 0 saturated carbocycles. The van der Waals surface area contributed by atoms with Gasteiger partial charge in [-0.3, -0.25) is 9.59 Å². The number of benzene rings is 2. The van der Waals surface area contributed by atoms with E-state index in [-0.39, 0.29) is 41.5 Å². The van der Waals surface area contributed by atoms with Crippen LogP contribution in [0.4, 0.5) is 0 Å². The quantitative estimate of drug-likeness (QED) is 0.288. The number of phenols is 6. The molecule has 2 aromatic carbocycles. The zero-order valence-electron chi connectivity index (χ0n) is 16.2. The van der Waals surface area contributed by atoms with Gasteiger partial charge in [0.25, 0.3) is 0 Å². The fraction of sp³-hybridized carbons (Fsp3) is 0.333. The van der Waals surface area contributed by atoms with E-state index < -0.39 is 46.1 Å². The molecule has 0 aromatic heterocycles. The van der Waals surface area contributed by atoms with Crippen molar-refractivity contribution in [1.29, 1.82) is 0 Å². The summed E-state index contributed by atoms with van der Waals surface area (Å²) < 4.78 is 0. The van der Waals surface area contributed by atoms with E-state index in [0.29, 0.717) is 12.8 Å². The number of hydrogen-bond acceptors (Lipinski definition) is 8. The number of carbonyl (C=O) groups excluding carboxylic acids is 2. The molecule has 0 aliphatic carbocycles. The van der Waals surface area contributed by atoms with Gasteiger partial charge in [-0.2, -0.15) is 0 Å². The van der Waals surface area contributed by atoms with Crippen molar-refractivity contribution in [3.8, 4) is 34.5 Å². The van der Waals surface area contributed by atoms with Crippen LogP contribution in [0.2, 0.25) is 0 Å². The van der Waals surface area contributed by atoms with Gasteiger partial charge in [0.15, 0.2) is 34.6 Å². The summed E-state index contributed by atoms with van der Waals surface area (Å²) in [6.45, 7) is 3.53. The number of aromatic hydroxyl groups is 6. The molecule has 0 bridgehead atoms. The molecule has 0 heterocycles. The number of hydrogen-bond donors (Lipinski definition) is 6. The first-order chi connectivity index (χ1) is 13.6. The van der Waals surface area contributed by atoms with Crippen molar-refractivity contribution < 1.29 is 40.2 Å². The fourth-order valence-corrected chi connectivity index (χ4v) is 3.03. The van der Waals surface area contributed by atoms with Gasteiger partial charge in [0.1, 0.15) is 0 Å². The number of rotatable bonds is 8. The average molecular weight is 404 g/mol. The Morgan fingerprint density at radius 2 is 0.966 bits per heavy atom. The second-order valence-corrected chi connectivity index (χ2v) is 6.78. The van der Waals surface area contributed by atoms with Crippen LogP contribution in [0.15, 0.2) is 12.1 Å². The third-order valence-electron chi connectivity index (χ3n) is 4.59. The Hall–Kier alpha value is -3.42. The lowest BCUT2D eigenvalue weighted by Crippen LogP contribution is -2.03. The van der Waals surface area contributed by atoms with Crippen LogP contribution in [0, 0.1) is 0 Å². The van der Waals surface area contributed by atoms with Crippen molar-refractivity contribution >= 4 is 11.6 Å². The third kappa shape index (κ3) is 4.21. The average Bonchev–Trinajstić information content (AvgIpc) is 2.68. The largest absolute Gasteiger partial charge is 0.504 e. The van der Waals surface area contributed by atoms with Gasteiger partial charge in [-0.15, -0.1) is 0 Å². The third-order valence-corrected chi connectivity index (χ3v) is 4.59. The van der Waals surface area contributed by atoms with Crippen molar-refractivity contribution in [1.82, 2.24) is 0 Å². The second-order valence-electron chi connectivity index (χ2n) is 6.78. The molecule has 2 rings (SSSR count).